The van der Waals surface area contributed by atoms with E-state index in [9.17, 15) is 5.11 Å². The quantitative estimate of drug-likeness (QED) is 0.745. The van der Waals surface area contributed by atoms with E-state index in [-0.39, 0.29) is 6.10 Å². The Balaban J connectivity index is 1.76. The molecule has 2 rings (SSSR count). The number of rotatable bonds is 3. The first-order chi connectivity index (χ1) is 8.29. The van der Waals surface area contributed by atoms with Gasteiger partial charge in [0, 0.05) is 19.2 Å². The summed E-state index contributed by atoms with van der Waals surface area (Å²) in [5.41, 5.74) is 0. The van der Waals surface area contributed by atoms with Gasteiger partial charge in [-0.3, -0.25) is 0 Å². The molecule has 3 nitrogen and oxygen atoms in total. The molecule has 2 aliphatic rings. The van der Waals surface area contributed by atoms with Crippen LogP contribution >= 0.6 is 0 Å². The highest BCUT2D eigenvalue weighted by Crippen LogP contribution is 2.24. The van der Waals surface area contributed by atoms with E-state index in [4.69, 9.17) is 4.74 Å². The lowest BCUT2D eigenvalue weighted by atomic mass is 9.91. The molecule has 2 saturated carbocycles. The van der Waals surface area contributed by atoms with Crippen LogP contribution in [0.25, 0.3) is 0 Å². The third-order valence-electron chi connectivity index (χ3n) is 4.44. The molecule has 0 aliphatic heterocycles. The van der Waals surface area contributed by atoms with Crippen molar-refractivity contribution in [2.45, 2.75) is 82.1 Å². The van der Waals surface area contributed by atoms with Crippen molar-refractivity contribution in [2.75, 3.05) is 7.11 Å². The molecule has 0 amide bonds. The first-order valence-electron chi connectivity index (χ1n) is 7.26. The molecule has 2 N–H and O–H groups in total. The van der Waals surface area contributed by atoms with Gasteiger partial charge in [0.05, 0.1) is 12.2 Å². The summed E-state index contributed by atoms with van der Waals surface area (Å²) in [7, 11) is 1.81. The largest absolute Gasteiger partial charge is 0.392 e. The molecule has 2 unspecified atom stereocenters. The Morgan fingerprint density at radius 2 is 1.65 bits per heavy atom. The smallest absolute Gasteiger partial charge is 0.0693 e. The van der Waals surface area contributed by atoms with Crippen molar-refractivity contribution in [3.05, 3.63) is 0 Å². The van der Waals surface area contributed by atoms with E-state index < -0.39 is 0 Å². The third-order valence-corrected chi connectivity index (χ3v) is 4.44. The lowest BCUT2D eigenvalue weighted by Gasteiger charge is -2.33. The topological polar surface area (TPSA) is 41.5 Å². The Labute approximate surface area is 105 Å². The highest BCUT2D eigenvalue weighted by Gasteiger charge is 2.27. The monoisotopic (exact) mass is 241 g/mol. The number of aliphatic hydroxyl groups is 1. The van der Waals surface area contributed by atoms with Gasteiger partial charge in [-0.05, 0) is 38.5 Å². The number of aliphatic hydroxyl groups excluding tert-OH is 1. The summed E-state index contributed by atoms with van der Waals surface area (Å²) in [6, 6.07) is 0.931. The van der Waals surface area contributed by atoms with Crippen LogP contribution < -0.4 is 5.32 Å². The van der Waals surface area contributed by atoms with Crippen molar-refractivity contribution in [3.8, 4) is 0 Å². The van der Waals surface area contributed by atoms with Crippen LogP contribution in [0.3, 0.4) is 0 Å². The van der Waals surface area contributed by atoms with Gasteiger partial charge >= 0.3 is 0 Å². The second kappa shape index (κ2) is 6.72. The van der Waals surface area contributed by atoms with Crippen molar-refractivity contribution in [3.63, 3.8) is 0 Å². The normalized spacial score (nSPS) is 39.9. The summed E-state index contributed by atoms with van der Waals surface area (Å²) in [5, 5.41) is 13.8. The molecule has 0 saturated heterocycles. The van der Waals surface area contributed by atoms with Gasteiger partial charge in [-0.2, -0.15) is 0 Å². The molecule has 17 heavy (non-hydrogen) atoms. The second-order valence-electron chi connectivity index (χ2n) is 5.69. The number of methoxy groups -OCH3 is 1. The molecule has 2 fully saturated rings. The van der Waals surface area contributed by atoms with Crippen LogP contribution in [0.5, 0.6) is 0 Å². The Kier molecular flexibility index (Phi) is 5.26. The van der Waals surface area contributed by atoms with E-state index >= 15 is 0 Å². The first-order valence-corrected chi connectivity index (χ1v) is 7.26. The molecule has 0 spiro atoms. The summed E-state index contributed by atoms with van der Waals surface area (Å²) in [4.78, 5) is 0. The van der Waals surface area contributed by atoms with Crippen molar-refractivity contribution < 1.29 is 9.84 Å². The van der Waals surface area contributed by atoms with Crippen LogP contribution in [0, 0.1) is 0 Å². The fourth-order valence-electron chi connectivity index (χ4n) is 3.25. The summed E-state index contributed by atoms with van der Waals surface area (Å²) in [6.45, 7) is 0. The zero-order valence-corrected chi connectivity index (χ0v) is 11.0. The predicted octanol–water partition coefficient (Wildman–Crippen LogP) is 2.23. The van der Waals surface area contributed by atoms with Crippen LogP contribution in [-0.2, 0) is 4.74 Å². The highest BCUT2D eigenvalue weighted by atomic mass is 16.5. The van der Waals surface area contributed by atoms with Crippen molar-refractivity contribution in [1.82, 2.24) is 5.32 Å². The summed E-state index contributed by atoms with van der Waals surface area (Å²) in [5.74, 6) is 0. The van der Waals surface area contributed by atoms with Gasteiger partial charge in [-0.1, -0.05) is 19.3 Å². The third kappa shape index (κ3) is 3.94. The van der Waals surface area contributed by atoms with Crippen LogP contribution in [0.15, 0.2) is 0 Å². The van der Waals surface area contributed by atoms with Gasteiger partial charge in [0.1, 0.15) is 0 Å². The van der Waals surface area contributed by atoms with Crippen molar-refractivity contribution in [1.29, 1.82) is 0 Å². The van der Waals surface area contributed by atoms with Gasteiger partial charge in [0.2, 0.25) is 0 Å². The Bertz CT molecular complexity index is 214. The molecule has 0 radical (unpaired) electrons. The Morgan fingerprint density at radius 1 is 0.941 bits per heavy atom. The number of hydrogen-bond acceptors (Lipinski definition) is 3. The molecule has 0 aromatic rings. The van der Waals surface area contributed by atoms with Crippen LogP contribution in [-0.4, -0.2) is 36.5 Å². The minimum atomic E-state index is -0.127. The summed E-state index contributed by atoms with van der Waals surface area (Å²) in [6.07, 6.45) is 10.9. The summed E-state index contributed by atoms with van der Waals surface area (Å²) < 4.78 is 5.39. The van der Waals surface area contributed by atoms with E-state index in [2.05, 4.69) is 5.32 Å². The molecule has 0 heterocycles. The molecular formula is C14H27NO2. The van der Waals surface area contributed by atoms with E-state index in [0.717, 1.165) is 25.7 Å². The minimum Gasteiger partial charge on any atom is -0.392 e. The lowest BCUT2D eigenvalue weighted by molar-refractivity contribution is 0.0539. The van der Waals surface area contributed by atoms with Crippen LogP contribution in [0.2, 0.25) is 0 Å². The zero-order chi connectivity index (χ0) is 12.1. The fourth-order valence-corrected chi connectivity index (χ4v) is 3.25. The minimum absolute atomic E-state index is 0.127. The molecule has 0 aromatic carbocycles. The molecular weight excluding hydrogens is 214 g/mol. The van der Waals surface area contributed by atoms with Crippen LogP contribution in [0.1, 0.15) is 57.8 Å². The number of nitrogens with one attached hydrogen (secondary N) is 1. The molecule has 2 aliphatic carbocycles. The van der Waals surface area contributed by atoms with E-state index in [1.165, 1.54) is 32.1 Å². The first kappa shape index (κ1) is 13.3. The maximum atomic E-state index is 10.1. The molecule has 2 atom stereocenters. The van der Waals surface area contributed by atoms with E-state index in [1.807, 2.05) is 7.11 Å². The average molecular weight is 241 g/mol. The second-order valence-corrected chi connectivity index (χ2v) is 5.69. The van der Waals surface area contributed by atoms with E-state index in [0.29, 0.717) is 18.2 Å². The Morgan fingerprint density at radius 3 is 2.35 bits per heavy atom. The highest BCUT2D eigenvalue weighted by molar-refractivity contribution is 4.85. The molecule has 3 heteroatoms. The van der Waals surface area contributed by atoms with Crippen molar-refractivity contribution in [2.24, 2.45) is 0 Å². The average Bonchev–Trinajstić information content (AvgIpc) is 2.56. The number of hydrogen-bond donors (Lipinski definition) is 2. The maximum Gasteiger partial charge on any atom is 0.0693 e. The van der Waals surface area contributed by atoms with Gasteiger partial charge in [0.15, 0.2) is 0 Å². The van der Waals surface area contributed by atoms with Crippen LogP contribution in [0.4, 0.5) is 0 Å². The summed E-state index contributed by atoms with van der Waals surface area (Å²) >= 11 is 0. The molecule has 100 valence electrons. The van der Waals surface area contributed by atoms with Gasteiger partial charge in [-0.15, -0.1) is 0 Å². The van der Waals surface area contributed by atoms with E-state index in [1.54, 1.807) is 0 Å². The predicted molar refractivity (Wildman–Crippen MR) is 69.1 cm³/mol. The maximum absolute atomic E-state index is 10.1. The van der Waals surface area contributed by atoms with Gasteiger partial charge in [0.25, 0.3) is 0 Å². The van der Waals surface area contributed by atoms with Gasteiger partial charge < -0.3 is 15.2 Å². The SMILES string of the molecule is COC1CCC(NC2CCCCCC2O)CC1. The fraction of sp³-hybridized carbons (Fsp3) is 1.00. The lowest BCUT2D eigenvalue weighted by Crippen LogP contribution is -2.46. The standard InChI is InChI=1S/C14H27NO2/c1-17-12-9-7-11(8-10-12)15-13-5-3-2-4-6-14(13)16/h11-16H,2-10H2,1H3. The van der Waals surface area contributed by atoms with Gasteiger partial charge in [-0.25, -0.2) is 0 Å². The molecule has 0 aromatic heterocycles. The van der Waals surface area contributed by atoms with Crippen molar-refractivity contribution >= 4 is 0 Å². The Hall–Kier alpha value is -0.120. The molecule has 0 bridgehead atoms. The zero-order valence-electron chi connectivity index (χ0n) is 11.0. The number of ether oxygens (including phenoxy) is 1.